The Balaban J connectivity index is 1.70. The Morgan fingerprint density at radius 2 is 2.00 bits per heavy atom. The molecule has 0 spiro atoms. The van der Waals surface area contributed by atoms with Crippen molar-refractivity contribution in [3.8, 4) is 5.75 Å². The minimum absolute atomic E-state index is 0.163. The van der Waals surface area contributed by atoms with Crippen LogP contribution in [-0.2, 0) is 6.61 Å². The fraction of sp³-hybridized carbons (Fsp3) is 0.412. The number of carbonyl (C=O) groups is 1. The molecule has 1 aromatic carbocycles. The monoisotopic (exact) mass is 354 g/mol. The average Bonchev–Trinajstić information content (AvgIpc) is 2.81. The summed E-state index contributed by atoms with van der Waals surface area (Å²) >= 11 is 0. The van der Waals surface area contributed by atoms with Crippen LogP contribution in [0.4, 0.5) is 13.2 Å². The fourth-order valence-electron chi connectivity index (χ4n) is 2.65. The summed E-state index contributed by atoms with van der Waals surface area (Å²) in [6, 6.07) is 6.52. The normalized spacial score (nSPS) is 15.2. The Morgan fingerprint density at radius 3 is 2.60 bits per heavy atom. The van der Waals surface area contributed by atoms with Gasteiger partial charge >= 0.3 is 6.18 Å². The summed E-state index contributed by atoms with van der Waals surface area (Å²) in [5, 5.41) is 3.83. The maximum atomic E-state index is 12.6. The molecule has 134 valence electrons. The molecule has 0 aliphatic carbocycles. The summed E-state index contributed by atoms with van der Waals surface area (Å²) in [4.78, 5) is 13.6. The first-order valence-electron chi connectivity index (χ1n) is 7.77. The van der Waals surface area contributed by atoms with E-state index >= 15 is 0 Å². The van der Waals surface area contributed by atoms with Crippen molar-refractivity contribution < 1.29 is 27.2 Å². The molecule has 1 aliphatic rings. The minimum atomic E-state index is -4.27. The number of nitrogens with zero attached hydrogens (tertiary/aromatic N) is 2. The molecule has 2 aromatic rings. The summed E-state index contributed by atoms with van der Waals surface area (Å²) in [5.74, 6) is -0.971. The Morgan fingerprint density at radius 1 is 1.32 bits per heavy atom. The third kappa shape index (κ3) is 3.47. The number of hydrogen-bond donors (Lipinski definition) is 0. The van der Waals surface area contributed by atoms with Crippen molar-refractivity contribution >= 4 is 5.91 Å². The fourth-order valence-corrected chi connectivity index (χ4v) is 2.65. The Hall–Kier alpha value is -2.51. The Labute approximate surface area is 142 Å². The van der Waals surface area contributed by atoms with Gasteiger partial charge in [0.1, 0.15) is 18.1 Å². The van der Waals surface area contributed by atoms with E-state index in [1.807, 2.05) is 0 Å². The van der Waals surface area contributed by atoms with Crippen molar-refractivity contribution in [2.45, 2.75) is 26.6 Å². The second-order valence-electron chi connectivity index (χ2n) is 6.04. The number of benzene rings is 1. The van der Waals surface area contributed by atoms with Crippen LogP contribution in [0.15, 0.2) is 28.8 Å². The van der Waals surface area contributed by atoms with E-state index in [4.69, 9.17) is 9.26 Å². The molecule has 2 heterocycles. The minimum Gasteiger partial charge on any atom is -0.488 e. The van der Waals surface area contributed by atoms with Crippen LogP contribution in [-0.4, -0.2) is 35.2 Å². The van der Waals surface area contributed by atoms with E-state index < -0.39 is 18.0 Å². The van der Waals surface area contributed by atoms with Gasteiger partial charge in [-0.2, -0.15) is 13.2 Å². The molecular weight excluding hydrogens is 337 g/mol. The number of carbonyl (C=O) groups excluding carboxylic acids is 1. The van der Waals surface area contributed by atoms with Crippen LogP contribution < -0.4 is 4.74 Å². The zero-order valence-corrected chi connectivity index (χ0v) is 13.8. The number of hydrogen-bond acceptors (Lipinski definition) is 4. The van der Waals surface area contributed by atoms with Gasteiger partial charge in [0.05, 0.1) is 22.7 Å². The maximum Gasteiger partial charge on any atom is 0.395 e. The van der Waals surface area contributed by atoms with Gasteiger partial charge in [0, 0.05) is 13.1 Å². The lowest BCUT2D eigenvalue weighted by Gasteiger charge is -2.40. The molecule has 0 saturated carbocycles. The van der Waals surface area contributed by atoms with Crippen LogP contribution in [0.5, 0.6) is 5.75 Å². The second kappa shape index (κ2) is 6.42. The first kappa shape index (κ1) is 17.3. The third-order valence-electron chi connectivity index (χ3n) is 4.30. The first-order valence-corrected chi connectivity index (χ1v) is 7.77. The van der Waals surface area contributed by atoms with Crippen LogP contribution in [0.1, 0.15) is 27.4 Å². The molecule has 1 aliphatic heterocycles. The van der Waals surface area contributed by atoms with Crippen LogP contribution >= 0.6 is 0 Å². The SMILES string of the molecule is Cc1noc(C)c1COc1ccccc1C(=O)N1CC(C(F)(F)F)C1. The van der Waals surface area contributed by atoms with Gasteiger partial charge in [-0.3, -0.25) is 4.79 Å². The largest absolute Gasteiger partial charge is 0.488 e. The number of aryl methyl sites for hydroxylation is 2. The number of halogens is 3. The number of amides is 1. The summed E-state index contributed by atoms with van der Waals surface area (Å²) in [6.07, 6.45) is -4.27. The van der Waals surface area contributed by atoms with Gasteiger partial charge in [0.25, 0.3) is 5.91 Å². The van der Waals surface area contributed by atoms with Crippen molar-refractivity contribution in [1.82, 2.24) is 10.1 Å². The molecule has 0 bridgehead atoms. The van der Waals surface area contributed by atoms with E-state index in [-0.39, 0.29) is 25.3 Å². The zero-order valence-electron chi connectivity index (χ0n) is 13.8. The lowest BCUT2D eigenvalue weighted by Crippen LogP contribution is -2.55. The molecule has 1 fully saturated rings. The van der Waals surface area contributed by atoms with Crippen molar-refractivity contribution in [3.63, 3.8) is 0 Å². The van der Waals surface area contributed by atoms with Gasteiger partial charge in [-0.05, 0) is 26.0 Å². The molecule has 8 heteroatoms. The summed E-state index contributed by atoms with van der Waals surface area (Å²) in [7, 11) is 0. The van der Waals surface area contributed by atoms with E-state index in [1.165, 1.54) is 4.90 Å². The van der Waals surface area contributed by atoms with E-state index in [0.29, 0.717) is 17.2 Å². The summed E-state index contributed by atoms with van der Waals surface area (Å²) in [6.45, 7) is 3.06. The van der Waals surface area contributed by atoms with Crippen LogP contribution in [0.2, 0.25) is 0 Å². The summed E-state index contributed by atoms with van der Waals surface area (Å²) < 4.78 is 48.6. The quantitative estimate of drug-likeness (QED) is 0.843. The smallest absolute Gasteiger partial charge is 0.395 e. The van der Waals surface area contributed by atoms with Gasteiger partial charge in [0.2, 0.25) is 0 Å². The average molecular weight is 354 g/mol. The van der Waals surface area contributed by atoms with Crippen LogP contribution in [0.3, 0.4) is 0 Å². The van der Waals surface area contributed by atoms with Gasteiger partial charge in [-0.15, -0.1) is 0 Å². The van der Waals surface area contributed by atoms with Crippen LogP contribution in [0, 0.1) is 19.8 Å². The predicted molar refractivity (Wildman–Crippen MR) is 82.2 cm³/mol. The highest BCUT2D eigenvalue weighted by Crippen LogP contribution is 2.35. The van der Waals surface area contributed by atoms with Gasteiger partial charge in [-0.25, -0.2) is 0 Å². The highest BCUT2D eigenvalue weighted by Gasteiger charge is 2.48. The number of para-hydroxylation sites is 1. The molecule has 0 unspecified atom stereocenters. The first-order chi connectivity index (χ1) is 11.8. The van der Waals surface area contributed by atoms with Crippen LogP contribution in [0.25, 0.3) is 0 Å². The van der Waals surface area contributed by atoms with E-state index in [1.54, 1.807) is 38.1 Å². The molecule has 25 heavy (non-hydrogen) atoms. The Bertz CT molecular complexity index is 760. The lowest BCUT2D eigenvalue weighted by molar-refractivity contribution is -0.202. The van der Waals surface area contributed by atoms with Crippen molar-refractivity contribution in [2.75, 3.05) is 13.1 Å². The molecule has 0 N–H and O–H groups in total. The van der Waals surface area contributed by atoms with Crippen molar-refractivity contribution in [3.05, 3.63) is 46.8 Å². The molecule has 1 saturated heterocycles. The third-order valence-corrected chi connectivity index (χ3v) is 4.30. The maximum absolute atomic E-state index is 12.6. The Kier molecular flexibility index (Phi) is 4.45. The highest BCUT2D eigenvalue weighted by molar-refractivity contribution is 5.97. The van der Waals surface area contributed by atoms with E-state index in [2.05, 4.69) is 5.16 Å². The number of rotatable bonds is 4. The molecule has 1 amide bonds. The number of alkyl halides is 3. The number of ether oxygens (including phenoxy) is 1. The summed E-state index contributed by atoms with van der Waals surface area (Å²) in [5.41, 5.74) is 1.72. The number of aromatic nitrogens is 1. The highest BCUT2D eigenvalue weighted by atomic mass is 19.4. The van der Waals surface area contributed by atoms with Gasteiger partial charge < -0.3 is 14.2 Å². The predicted octanol–water partition coefficient (Wildman–Crippen LogP) is 3.50. The van der Waals surface area contributed by atoms with Crippen molar-refractivity contribution in [2.24, 2.45) is 5.92 Å². The topological polar surface area (TPSA) is 55.6 Å². The molecule has 0 atom stereocenters. The van der Waals surface area contributed by atoms with Gasteiger partial charge in [-0.1, -0.05) is 17.3 Å². The van der Waals surface area contributed by atoms with E-state index in [0.717, 1.165) is 5.56 Å². The molecule has 1 aromatic heterocycles. The van der Waals surface area contributed by atoms with Gasteiger partial charge in [0.15, 0.2) is 0 Å². The molecule has 0 radical (unpaired) electrons. The molecule has 3 rings (SSSR count). The van der Waals surface area contributed by atoms with E-state index in [9.17, 15) is 18.0 Å². The zero-order chi connectivity index (χ0) is 18.2. The lowest BCUT2D eigenvalue weighted by atomic mass is 9.98. The number of likely N-dealkylation sites (tertiary alicyclic amines) is 1. The molecular formula is C17H17F3N2O3. The second-order valence-corrected chi connectivity index (χ2v) is 6.04. The van der Waals surface area contributed by atoms with Crippen molar-refractivity contribution in [1.29, 1.82) is 0 Å². The molecule has 5 nitrogen and oxygen atoms in total. The standard InChI is InChI=1S/C17H17F3N2O3/c1-10-14(11(2)25-21-10)9-24-15-6-4-3-5-13(15)16(23)22-7-12(8-22)17(18,19)20/h3-6,12H,7-9H2,1-2H3.